The van der Waals surface area contributed by atoms with Gasteiger partial charge < -0.3 is 20.4 Å². The monoisotopic (exact) mass is 383 g/mol. The number of anilines is 2. The highest BCUT2D eigenvalue weighted by molar-refractivity contribution is 5.96. The number of aromatic nitrogens is 2. The number of carbonyl (C=O) groups excluding carboxylic acids is 1. The number of aliphatic hydroxyl groups excluding tert-OH is 1. The molecule has 0 radical (unpaired) electrons. The van der Waals surface area contributed by atoms with E-state index in [-0.39, 0.29) is 25.6 Å². The minimum absolute atomic E-state index is 0.0659. The SMILES string of the molecule is O=C(O)N1Cc2nc(NCCO)nc(-c3cccc(N4CCCC4=O)c3)c2C1. The van der Waals surface area contributed by atoms with Gasteiger partial charge in [0.2, 0.25) is 11.9 Å². The summed E-state index contributed by atoms with van der Waals surface area (Å²) in [7, 11) is 0. The molecule has 28 heavy (non-hydrogen) atoms. The van der Waals surface area contributed by atoms with Crippen LogP contribution in [-0.2, 0) is 17.9 Å². The average molecular weight is 383 g/mol. The first-order chi connectivity index (χ1) is 13.6. The van der Waals surface area contributed by atoms with Crippen molar-refractivity contribution in [3.05, 3.63) is 35.5 Å². The van der Waals surface area contributed by atoms with Crippen LogP contribution in [0.15, 0.2) is 24.3 Å². The first kappa shape index (κ1) is 18.2. The zero-order valence-electron chi connectivity index (χ0n) is 15.3. The second kappa shape index (κ2) is 7.43. The summed E-state index contributed by atoms with van der Waals surface area (Å²) in [6.45, 7) is 1.33. The smallest absolute Gasteiger partial charge is 0.407 e. The Morgan fingerprint density at radius 3 is 2.82 bits per heavy atom. The van der Waals surface area contributed by atoms with Crippen molar-refractivity contribution in [3.8, 4) is 11.3 Å². The molecule has 1 saturated heterocycles. The molecule has 1 aromatic heterocycles. The molecule has 3 heterocycles. The predicted molar refractivity (Wildman–Crippen MR) is 102 cm³/mol. The molecule has 2 aliphatic heterocycles. The summed E-state index contributed by atoms with van der Waals surface area (Å²) in [6.07, 6.45) is 0.385. The molecule has 0 aliphatic carbocycles. The maximum atomic E-state index is 12.1. The van der Waals surface area contributed by atoms with Crippen molar-refractivity contribution < 1.29 is 19.8 Å². The molecule has 2 aliphatic rings. The highest BCUT2D eigenvalue weighted by Crippen LogP contribution is 2.33. The van der Waals surface area contributed by atoms with E-state index in [1.165, 1.54) is 4.90 Å². The summed E-state index contributed by atoms with van der Waals surface area (Å²) >= 11 is 0. The standard InChI is InChI=1S/C19H21N5O4/c25-8-6-20-18-21-15-11-23(19(27)28)10-14(15)17(22-18)12-3-1-4-13(9-12)24-7-2-5-16(24)26/h1,3-4,9,25H,2,5-8,10-11H2,(H,27,28)(H,20,21,22). The van der Waals surface area contributed by atoms with Gasteiger partial charge in [-0.1, -0.05) is 12.1 Å². The van der Waals surface area contributed by atoms with E-state index in [4.69, 9.17) is 5.11 Å². The zero-order valence-corrected chi connectivity index (χ0v) is 15.3. The summed E-state index contributed by atoms with van der Waals surface area (Å²) in [5, 5.41) is 21.4. The molecule has 1 aromatic carbocycles. The van der Waals surface area contributed by atoms with E-state index in [0.717, 1.165) is 23.2 Å². The number of amides is 2. The number of nitrogens with zero attached hydrogens (tertiary/aromatic N) is 4. The van der Waals surface area contributed by atoms with Gasteiger partial charge >= 0.3 is 6.09 Å². The number of benzene rings is 1. The molecule has 0 bridgehead atoms. The molecule has 9 nitrogen and oxygen atoms in total. The fourth-order valence-electron chi connectivity index (χ4n) is 3.62. The number of aliphatic hydroxyl groups is 1. The molecule has 0 atom stereocenters. The summed E-state index contributed by atoms with van der Waals surface area (Å²) in [5.41, 5.74) is 3.67. The quantitative estimate of drug-likeness (QED) is 0.718. The largest absolute Gasteiger partial charge is 0.465 e. The van der Waals surface area contributed by atoms with Gasteiger partial charge in [0.05, 0.1) is 31.1 Å². The number of carboxylic acid groups (broad SMARTS) is 1. The molecule has 146 valence electrons. The Morgan fingerprint density at radius 2 is 2.11 bits per heavy atom. The Hall–Kier alpha value is -3.20. The van der Waals surface area contributed by atoms with E-state index in [1.54, 1.807) is 4.90 Å². The average Bonchev–Trinajstić information content (AvgIpc) is 3.32. The van der Waals surface area contributed by atoms with E-state index in [9.17, 15) is 14.7 Å². The highest BCUT2D eigenvalue weighted by atomic mass is 16.4. The van der Waals surface area contributed by atoms with Crippen LogP contribution in [0.25, 0.3) is 11.3 Å². The fourth-order valence-corrected chi connectivity index (χ4v) is 3.62. The molecule has 0 spiro atoms. The molecule has 2 aromatic rings. The van der Waals surface area contributed by atoms with Gasteiger partial charge in [-0.3, -0.25) is 9.69 Å². The summed E-state index contributed by atoms with van der Waals surface area (Å²) in [4.78, 5) is 35.6. The molecule has 2 amide bonds. The van der Waals surface area contributed by atoms with E-state index in [1.807, 2.05) is 24.3 Å². The van der Waals surface area contributed by atoms with Gasteiger partial charge in [0.1, 0.15) is 0 Å². The van der Waals surface area contributed by atoms with Crippen molar-refractivity contribution >= 4 is 23.6 Å². The van der Waals surface area contributed by atoms with Crippen LogP contribution >= 0.6 is 0 Å². The number of rotatable bonds is 5. The Morgan fingerprint density at radius 1 is 1.25 bits per heavy atom. The maximum Gasteiger partial charge on any atom is 0.407 e. The second-order valence-corrected chi connectivity index (χ2v) is 6.81. The Bertz CT molecular complexity index is 933. The van der Waals surface area contributed by atoms with Gasteiger partial charge in [0.15, 0.2) is 0 Å². The molecular formula is C19H21N5O4. The fraction of sp³-hybridized carbons (Fsp3) is 0.368. The third kappa shape index (κ3) is 3.36. The van der Waals surface area contributed by atoms with Crippen LogP contribution < -0.4 is 10.2 Å². The van der Waals surface area contributed by atoms with E-state index >= 15 is 0 Å². The molecule has 1 fully saturated rings. The van der Waals surface area contributed by atoms with Crippen LogP contribution in [0.2, 0.25) is 0 Å². The second-order valence-electron chi connectivity index (χ2n) is 6.81. The van der Waals surface area contributed by atoms with Gasteiger partial charge in [-0.15, -0.1) is 0 Å². The molecule has 4 rings (SSSR count). The van der Waals surface area contributed by atoms with Crippen LogP contribution in [0.3, 0.4) is 0 Å². The lowest BCUT2D eigenvalue weighted by Crippen LogP contribution is -2.23. The van der Waals surface area contributed by atoms with Crippen LogP contribution in [0, 0.1) is 0 Å². The van der Waals surface area contributed by atoms with Crippen LogP contribution in [0.4, 0.5) is 16.4 Å². The molecular weight excluding hydrogens is 362 g/mol. The van der Waals surface area contributed by atoms with Crippen molar-refractivity contribution in [1.29, 1.82) is 0 Å². The Balaban J connectivity index is 1.75. The van der Waals surface area contributed by atoms with Crippen molar-refractivity contribution in [2.24, 2.45) is 0 Å². The third-order valence-corrected chi connectivity index (χ3v) is 4.95. The van der Waals surface area contributed by atoms with Crippen LogP contribution in [-0.4, -0.2) is 56.8 Å². The number of carbonyl (C=O) groups is 2. The van der Waals surface area contributed by atoms with E-state index in [2.05, 4.69) is 15.3 Å². The number of hydrogen-bond acceptors (Lipinski definition) is 6. The van der Waals surface area contributed by atoms with E-state index < -0.39 is 6.09 Å². The van der Waals surface area contributed by atoms with Gasteiger partial charge in [0, 0.05) is 36.3 Å². The summed E-state index contributed by atoms with van der Waals surface area (Å²) in [5.74, 6) is 0.449. The number of hydrogen-bond donors (Lipinski definition) is 3. The minimum Gasteiger partial charge on any atom is -0.465 e. The van der Waals surface area contributed by atoms with E-state index in [0.29, 0.717) is 36.8 Å². The van der Waals surface area contributed by atoms with Crippen molar-refractivity contribution in [3.63, 3.8) is 0 Å². The van der Waals surface area contributed by atoms with Crippen LogP contribution in [0.5, 0.6) is 0 Å². The first-order valence-electron chi connectivity index (χ1n) is 9.20. The van der Waals surface area contributed by atoms with Crippen molar-refractivity contribution in [2.75, 3.05) is 29.9 Å². The zero-order chi connectivity index (χ0) is 19.7. The van der Waals surface area contributed by atoms with Gasteiger partial charge in [0.25, 0.3) is 0 Å². The summed E-state index contributed by atoms with van der Waals surface area (Å²) < 4.78 is 0. The van der Waals surface area contributed by atoms with Gasteiger partial charge in [-0.25, -0.2) is 14.8 Å². The molecule has 9 heteroatoms. The normalized spacial score (nSPS) is 15.8. The maximum absolute atomic E-state index is 12.1. The summed E-state index contributed by atoms with van der Waals surface area (Å²) in [6, 6.07) is 7.56. The lowest BCUT2D eigenvalue weighted by molar-refractivity contribution is -0.117. The van der Waals surface area contributed by atoms with Gasteiger partial charge in [-0.05, 0) is 18.6 Å². The third-order valence-electron chi connectivity index (χ3n) is 4.95. The lowest BCUT2D eigenvalue weighted by atomic mass is 10.0. The Kier molecular flexibility index (Phi) is 4.82. The van der Waals surface area contributed by atoms with Gasteiger partial charge in [-0.2, -0.15) is 0 Å². The number of nitrogens with one attached hydrogen (secondary N) is 1. The predicted octanol–water partition coefficient (Wildman–Crippen LogP) is 1.67. The topological polar surface area (TPSA) is 119 Å². The minimum atomic E-state index is -1.01. The molecule has 0 saturated carbocycles. The Labute approximate surface area is 161 Å². The van der Waals surface area contributed by atoms with Crippen molar-refractivity contribution in [1.82, 2.24) is 14.9 Å². The van der Waals surface area contributed by atoms with Crippen molar-refractivity contribution in [2.45, 2.75) is 25.9 Å². The highest BCUT2D eigenvalue weighted by Gasteiger charge is 2.29. The molecule has 0 unspecified atom stereocenters. The number of fused-ring (bicyclic) bond motifs is 1. The first-order valence-corrected chi connectivity index (χ1v) is 9.20. The van der Waals surface area contributed by atoms with Crippen LogP contribution in [0.1, 0.15) is 24.1 Å². The lowest BCUT2D eigenvalue weighted by Gasteiger charge is -2.17. The molecule has 3 N–H and O–H groups in total.